The maximum atomic E-state index is 15.7. The molecule has 3 N–H and O–H groups in total. The third-order valence-electron chi connectivity index (χ3n) is 16.8. The van der Waals surface area contributed by atoms with Gasteiger partial charge in [0.15, 0.2) is 0 Å². The lowest BCUT2D eigenvalue weighted by molar-refractivity contribution is -0.152. The molecule has 472 valence electrons. The van der Waals surface area contributed by atoms with Gasteiger partial charge in [-0.3, -0.25) is 43.2 Å². The predicted molar refractivity (Wildman–Crippen MR) is 349 cm³/mol. The first-order valence-electron chi connectivity index (χ1n) is 30.9. The molecule has 19 heteroatoms. The van der Waals surface area contributed by atoms with Crippen molar-refractivity contribution in [2.75, 3.05) is 52.4 Å². The number of carbonyl (C=O) groups excluding carboxylic acids is 7. The molecule has 6 atom stereocenters. The van der Waals surface area contributed by atoms with Crippen molar-refractivity contribution in [1.29, 1.82) is 0 Å². The Morgan fingerprint density at radius 3 is 0.956 bits per heavy atom. The van der Waals surface area contributed by atoms with E-state index in [1.165, 1.54) is 29.4 Å². The van der Waals surface area contributed by atoms with Crippen LogP contribution in [0.3, 0.4) is 0 Å². The van der Waals surface area contributed by atoms with Gasteiger partial charge in [0, 0.05) is 12.7 Å². The van der Waals surface area contributed by atoms with Crippen LogP contribution in [-0.2, 0) is 40.1 Å². The van der Waals surface area contributed by atoms with Gasteiger partial charge in [-0.05, 0) is 100 Å². The van der Waals surface area contributed by atoms with E-state index in [0.717, 1.165) is 22.3 Å². The van der Waals surface area contributed by atoms with E-state index in [1.54, 1.807) is 31.6 Å². The van der Waals surface area contributed by atoms with E-state index in [2.05, 4.69) is 20.6 Å². The number of amides is 7. The summed E-state index contributed by atoms with van der Waals surface area (Å²) < 4.78 is 1.73. The lowest BCUT2D eigenvalue weighted by Gasteiger charge is -2.38. The number of aromatic nitrogens is 4. The van der Waals surface area contributed by atoms with Crippen LogP contribution in [0.4, 0.5) is 0 Å². The second-order valence-corrected chi connectivity index (χ2v) is 22.7. The highest BCUT2D eigenvalue weighted by Gasteiger charge is 2.37. The van der Waals surface area contributed by atoms with Crippen LogP contribution in [0.2, 0.25) is 0 Å². The summed E-state index contributed by atoms with van der Waals surface area (Å²) in [5.74, 6) is -3.83. The minimum absolute atomic E-state index is 0.0838. The average Bonchev–Trinajstić information content (AvgIpc) is 2.18. The number of nitrogens with one attached hydrogen (secondary N) is 1. The summed E-state index contributed by atoms with van der Waals surface area (Å²) in [6, 6.07) is 57.2. The molecule has 0 bridgehead atoms. The number of aryl methyl sites for hydroxylation is 1. The number of pyridine rings is 1. The van der Waals surface area contributed by atoms with Crippen LogP contribution in [-0.4, -0.2) is 143 Å². The van der Waals surface area contributed by atoms with Gasteiger partial charge in [0.1, 0.15) is 38.4 Å². The molecule has 0 spiro atoms. The Bertz CT molecular complexity index is 3630. The molecule has 6 aromatic carbocycles. The molecule has 19 nitrogen and oxygen atoms in total. The van der Waals surface area contributed by atoms with Crippen LogP contribution >= 0.6 is 0 Å². The van der Waals surface area contributed by atoms with Crippen molar-refractivity contribution >= 4 is 41.4 Å². The fraction of sp³-hybridized carbons (Fsp3) is 0.306. The first kappa shape index (κ1) is 66.8. The van der Waals surface area contributed by atoms with E-state index >= 15 is 19.2 Å². The van der Waals surface area contributed by atoms with E-state index in [9.17, 15) is 14.4 Å². The molecule has 0 fully saturated rings. The Morgan fingerprint density at radius 2 is 0.670 bits per heavy atom. The zero-order valence-electron chi connectivity index (χ0n) is 52.6. The topological polar surface area (TPSA) is 221 Å². The van der Waals surface area contributed by atoms with Crippen molar-refractivity contribution in [3.05, 3.63) is 246 Å². The van der Waals surface area contributed by atoms with E-state index in [-0.39, 0.29) is 19.0 Å². The molecular weight excluding hydrogens is 1140 g/mol. The summed E-state index contributed by atoms with van der Waals surface area (Å²) in [6.07, 6.45) is 4.15. The van der Waals surface area contributed by atoms with E-state index in [4.69, 9.17) is 5.73 Å². The van der Waals surface area contributed by atoms with Gasteiger partial charge in [-0.25, -0.2) is 0 Å². The zero-order chi connectivity index (χ0) is 64.8. The van der Waals surface area contributed by atoms with Gasteiger partial charge in [-0.1, -0.05) is 193 Å². The monoisotopic (exact) mass is 1230 g/mol. The van der Waals surface area contributed by atoms with Crippen molar-refractivity contribution in [3.63, 3.8) is 0 Å². The van der Waals surface area contributed by atoms with Gasteiger partial charge >= 0.3 is 0 Å². The number of hydrogen-bond acceptors (Lipinski definition) is 11. The van der Waals surface area contributed by atoms with Gasteiger partial charge in [-0.2, -0.15) is 0 Å². The summed E-state index contributed by atoms with van der Waals surface area (Å²) in [5, 5.41) is 11.8. The first-order valence-corrected chi connectivity index (χ1v) is 30.9. The zero-order valence-corrected chi connectivity index (χ0v) is 52.6. The van der Waals surface area contributed by atoms with Crippen molar-refractivity contribution < 1.29 is 33.6 Å². The molecule has 8 rings (SSSR count). The van der Waals surface area contributed by atoms with Gasteiger partial charge in [0.05, 0.1) is 61.2 Å². The predicted octanol–water partition coefficient (Wildman–Crippen LogP) is 9.34. The van der Waals surface area contributed by atoms with Crippen LogP contribution < -0.4 is 11.1 Å². The lowest BCUT2D eigenvalue weighted by Crippen LogP contribution is -2.53. The molecule has 7 amide bonds. The molecule has 91 heavy (non-hydrogen) atoms. The maximum absolute atomic E-state index is 15.7. The number of rotatable bonds is 31. The first-order chi connectivity index (χ1) is 44.0. The number of carbonyl (C=O) groups is 7. The molecule has 2 heterocycles. The van der Waals surface area contributed by atoms with Crippen molar-refractivity contribution in [2.24, 2.45) is 5.73 Å². The molecule has 0 aliphatic carbocycles. The van der Waals surface area contributed by atoms with Crippen molar-refractivity contribution in [1.82, 2.24) is 54.7 Å². The molecule has 8 aromatic rings. The molecule has 0 aliphatic rings. The molecular formula is C72H82N12O7. The molecule has 2 aromatic heterocycles. The van der Waals surface area contributed by atoms with Crippen LogP contribution in [0.25, 0.3) is 11.4 Å². The summed E-state index contributed by atoms with van der Waals surface area (Å²) >= 11 is 0. The van der Waals surface area contributed by atoms with Crippen LogP contribution in [0, 0.1) is 0 Å². The Labute approximate surface area is 533 Å². The number of primary amides is 1. The molecule has 0 saturated carbocycles. The van der Waals surface area contributed by atoms with Crippen molar-refractivity contribution in [3.8, 4) is 11.4 Å². The SMILES string of the molecule is C[C@@H](c1ccccc1)N(CC(N)=O)C(=O)CN(C(=O)CN(C(=O)CN(C(=O)CN(C(=O)CN(C(=O)CNCCCn1cc(-c2ccccn2)nn1)[C@@H](C)c1ccccc1)[C@@H](C)c1ccccc1)[C@@H](C)c1ccccc1)[C@@H](C)c1ccccc1)[C@@H](C)c1ccccc1. The standard InChI is InChI=1S/C72H82N12O7/c1-52(58-28-13-7-14-29-58)79(46-66(73)85)68(87)48-81(54(3)60-32-17-9-18-33-60)70(89)50-83(56(5)62-36-21-11-22-37-62)72(91)51-84(57(6)63-38-23-12-24-39-63)71(90)49-82(55(4)61-34-19-10-20-35-61)69(88)47-80(53(2)59-30-15-8-16-31-59)67(86)44-74-41-27-43-78-45-65(76-77-78)64-40-25-26-42-75-64/h7-26,28-40,42,45,52-57,74H,27,41,43-44,46-51H2,1-6H3,(H2,73,85)/t52-,53-,54-,55-,56-,57-/m0/s1. The molecule has 0 saturated heterocycles. The van der Waals surface area contributed by atoms with Crippen LogP contribution in [0.15, 0.2) is 213 Å². The highest BCUT2D eigenvalue weighted by atomic mass is 16.2. The van der Waals surface area contributed by atoms with E-state index in [1.807, 2.05) is 227 Å². The highest BCUT2D eigenvalue weighted by molar-refractivity contribution is 5.93. The third kappa shape index (κ3) is 18.3. The van der Waals surface area contributed by atoms with Gasteiger partial charge in [0.25, 0.3) is 0 Å². The minimum atomic E-state index is -0.740. The summed E-state index contributed by atoms with van der Waals surface area (Å²) in [6.45, 7) is 9.00. The summed E-state index contributed by atoms with van der Waals surface area (Å²) in [4.78, 5) is 117. The molecule has 0 aliphatic heterocycles. The average molecular weight is 1230 g/mol. The van der Waals surface area contributed by atoms with Gasteiger partial charge in [0.2, 0.25) is 41.4 Å². The number of benzene rings is 6. The van der Waals surface area contributed by atoms with E-state index in [0.29, 0.717) is 42.0 Å². The minimum Gasteiger partial charge on any atom is -0.368 e. The summed E-state index contributed by atoms with van der Waals surface area (Å²) in [5.41, 5.74) is 11.6. The Balaban J connectivity index is 1.08. The largest absolute Gasteiger partial charge is 0.368 e. The quantitative estimate of drug-likeness (QED) is 0.0390. The second kappa shape index (κ2) is 32.9. The summed E-state index contributed by atoms with van der Waals surface area (Å²) in [7, 11) is 0. The van der Waals surface area contributed by atoms with Gasteiger partial charge in [-0.15, -0.1) is 5.10 Å². The van der Waals surface area contributed by atoms with Gasteiger partial charge < -0.3 is 40.4 Å². The number of nitrogens with two attached hydrogens (primary N) is 1. The fourth-order valence-corrected chi connectivity index (χ4v) is 11.2. The van der Waals surface area contributed by atoms with Crippen LogP contribution in [0.1, 0.15) is 118 Å². The Morgan fingerprint density at radius 1 is 0.385 bits per heavy atom. The molecule has 0 radical (unpaired) electrons. The maximum Gasteiger partial charge on any atom is 0.243 e. The van der Waals surface area contributed by atoms with Crippen LogP contribution in [0.5, 0.6) is 0 Å². The Kier molecular flexibility index (Phi) is 24.2. The van der Waals surface area contributed by atoms with Crippen molar-refractivity contribution in [2.45, 2.75) is 90.8 Å². The third-order valence-corrected chi connectivity index (χ3v) is 16.8. The lowest BCUT2D eigenvalue weighted by atomic mass is 10.0. The number of hydrogen-bond donors (Lipinski definition) is 2. The Hall–Kier alpha value is -10.1. The fourth-order valence-electron chi connectivity index (χ4n) is 11.2. The smallest absolute Gasteiger partial charge is 0.243 e. The number of nitrogens with zero attached hydrogens (tertiary/aromatic N) is 10. The second-order valence-electron chi connectivity index (χ2n) is 22.7. The highest BCUT2D eigenvalue weighted by Crippen LogP contribution is 2.30. The van der Waals surface area contributed by atoms with E-state index < -0.39 is 104 Å². The molecule has 0 unspecified atom stereocenters. The normalized spacial score (nSPS) is 13.1.